The van der Waals surface area contributed by atoms with Gasteiger partial charge in [0.25, 0.3) is 17.7 Å². The summed E-state index contributed by atoms with van der Waals surface area (Å²) in [4.78, 5) is 220. The summed E-state index contributed by atoms with van der Waals surface area (Å²) in [6.07, 6.45) is 18.1. The van der Waals surface area contributed by atoms with E-state index in [1.54, 1.807) is 91.3 Å². The van der Waals surface area contributed by atoms with Crippen LogP contribution in [0.15, 0.2) is 90.9 Å². The summed E-state index contributed by atoms with van der Waals surface area (Å²) < 4.78 is 61.5. The quantitative estimate of drug-likeness (QED) is 0.0167. The minimum Gasteiger partial charge on any atom is -0.459 e. The predicted molar refractivity (Wildman–Crippen MR) is 551 cm³/mol. The zero-order valence-electron chi connectivity index (χ0n) is 89.3. The first-order chi connectivity index (χ1) is 68.0. The monoisotopic (exact) mass is 2070 g/mol. The van der Waals surface area contributed by atoms with Crippen molar-refractivity contribution >= 4 is 114 Å². The van der Waals surface area contributed by atoms with E-state index in [-0.39, 0.29) is 149 Å². The van der Waals surface area contributed by atoms with Crippen molar-refractivity contribution in [3.63, 3.8) is 0 Å². The lowest BCUT2D eigenvalue weighted by molar-refractivity contribution is -0.157. The number of Topliss-reactive ketones (excluding diaryl/α,β-unsaturated/α-hetero) is 3. The number of piperidine rings is 3. The number of rotatable bonds is 41. The first-order valence-electron chi connectivity index (χ1n) is 52.5. The van der Waals surface area contributed by atoms with Gasteiger partial charge in [0.05, 0.1) is 46.7 Å². The number of esters is 1. The van der Waals surface area contributed by atoms with E-state index in [0.717, 1.165) is 103 Å². The van der Waals surface area contributed by atoms with Gasteiger partial charge in [0.15, 0.2) is 19.7 Å². The van der Waals surface area contributed by atoms with Gasteiger partial charge < -0.3 is 82.7 Å². The molecule has 15 atom stereocenters. The molecule has 2 aromatic rings. The van der Waals surface area contributed by atoms with Crippen molar-refractivity contribution in [3.05, 3.63) is 91.5 Å². The van der Waals surface area contributed by atoms with E-state index in [2.05, 4.69) is 99.3 Å². The molecule has 10 aliphatic rings. The molecule has 2 aromatic carbocycles. The molecule has 3 unspecified atom stereocenters. The number of fused-ring (bicyclic) bond motifs is 3. The van der Waals surface area contributed by atoms with Crippen LogP contribution in [0.4, 0.5) is 14.4 Å². The fourth-order valence-electron chi connectivity index (χ4n) is 22.4. The van der Waals surface area contributed by atoms with Crippen LogP contribution < -0.4 is 58.5 Å². The first kappa shape index (κ1) is 117. The highest BCUT2D eigenvalue weighted by Gasteiger charge is 2.73. The van der Waals surface area contributed by atoms with Gasteiger partial charge in [0.1, 0.15) is 47.5 Å². The van der Waals surface area contributed by atoms with Crippen LogP contribution in [0, 0.1) is 74.9 Å². The molecule has 10 fully saturated rings. The maximum absolute atomic E-state index is 14.3. The van der Waals surface area contributed by atoms with Crippen LogP contribution in [0.3, 0.4) is 0 Å². The van der Waals surface area contributed by atoms with Crippen molar-refractivity contribution in [1.82, 2.24) is 73.2 Å². The highest BCUT2D eigenvalue weighted by atomic mass is 32.2. The second-order valence-electron chi connectivity index (χ2n) is 48.1. The molecule has 7 aliphatic carbocycles. The third kappa shape index (κ3) is 31.5. The van der Waals surface area contributed by atoms with Gasteiger partial charge in [-0.1, -0.05) is 174 Å². The van der Waals surface area contributed by atoms with Gasteiger partial charge in [-0.2, -0.15) is 0 Å². The number of alkyl carbamates (subject to hydrolysis) is 1. The third-order valence-electron chi connectivity index (χ3n) is 30.9. The molecule has 7 saturated carbocycles. The molecule has 36 nitrogen and oxygen atoms in total. The van der Waals surface area contributed by atoms with Gasteiger partial charge in [0, 0.05) is 50.3 Å². The first-order valence-corrected chi connectivity index (χ1v) is 55.9. The molecule has 14 amide bonds. The van der Waals surface area contributed by atoms with Crippen molar-refractivity contribution in [2.75, 3.05) is 50.8 Å². The van der Waals surface area contributed by atoms with Crippen molar-refractivity contribution in [3.8, 4) is 0 Å². The van der Waals surface area contributed by atoms with Gasteiger partial charge in [-0.3, -0.25) is 62.3 Å². The standard InChI is InChI=1S/C37H58N4O8.C36H53N5O7S.C35H53N5O7S/c1-8-9-17-25(30(43)32(45)38-21-18-26(42)48-37(7)19-13-14-20-37)39-31(44)29-27-24(36(27,5)6)22-41(29)33(46)28(23-15-11-10-12-16-23)40-34(47)49-35(2,3)4;1-7-8-19-26(30(42)32(44)37-20-21-49(47,48)24-17-13-10-14-18-24)38-31(43)29-27-25(36(27,5)6)22-41(29)33(45)28(23-15-11-9-12-16-23)39-34(46)40-35(2,3)4;1-33(2,3)28(38-32(45)39-34(4,5)6)31(44)40-19-23-25(35(23,7)8)26(40)29(42)37-24(18-21-14-15-21)27(41)30(43)36-16-17-48(46,47)20-22-12-10-9-11-13-22/h8,23-25,27-29H,1,9-22H2,2-7H3,(H,38,45)(H,39,44)(H,40,47);7,10,13-14,17-18,23,25-29H,1,8-9,11-12,15-16,19-22H2,2-6H3,(H,37,44)(H,38,43)(H2,39,40,46);9-13,21,23-26,28H,14-20H2,1-8H3,(H,36,43)(H,37,42)(H2,38,39,45)/t24-,25?,27-,28-,29-;25-,26?,27-,28-,29-;23-,24?,25-,26-,28+/m000/s1. The fourth-order valence-corrected chi connectivity index (χ4v) is 24.8. The van der Waals surface area contributed by atoms with E-state index in [4.69, 9.17) is 9.47 Å². The van der Waals surface area contributed by atoms with Gasteiger partial charge in [0.2, 0.25) is 52.8 Å². The predicted octanol–water partition coefficient (Wildman–Crippen LogP) is 10.0. The Morgan fingerprint density at radius 2 is 0.836 bits per heavy atom. The summed E-state index contributed by atoms with van der Waals surface area (Å²) in [6, 6.07) is 6.88. The number of hydrogen-bond donors (Lipinski definition) is 11. The molecule has 810 valence electrons. The van der Waals surface area contributed by atoms with Crippen LogP contribution in [0.1, 0.15) is 278 Å². The second kappa shape index (κ2) is 48.3. The summed E-state index contributed by atoms with van der Waals surface area (Å²) in [6.45, 7) is 44.0. The zero-order valence-corrected chi connectivity index (χ0v) is 90.9. The number of urea groups is 2. The Balaban J connectivity index is 0.000000224. The molecular weight excluding hydrogens is 1910 g/mol. The number of hydrogen-bond acceptors (Lipinski definition) is 22. The summed E-state index contributed by atoms with van der Waals surface area (Å²) in [5.41, 5.74) is -2.92. The minimum absolute atomic E-state index is 0.0693. The van der Waals surface area contributed by atoms with E-state index >= 15 is 0 Å². The highest BCUT2D eigenvalue weighted by molar-refractivity contribution is 7.91. The normalized spacial score (nSPS) is 23.7. The van der Waals surface area contributed by atoms with Crippen LogP contribution in [0.2, 0.25) is 0 Å². The van der Waals surface area contributed by atoms with Crippen LogP contribution in [0.5, 0.6) is 0 Å². The number of carbonyl (C=O) groups excluding carboxylic acids is 16. The Labute approximate surface area is 862 Å². The Kier molecular flexibility index (Phi) is 38.8. The van der Waals surface area contributed by atoms with Crippen LogP contribution in [-0.4, -0.2) is 254 Å². The Bertz CT molecular complexity index is 5330. The van der Waals surface area contributed by atoms with Gasteiger partial charge in [-0.25, -0.2) is 31.2 Å². The molecule has 0 aromatic heterocycles. The van der Waals surface area contributed by atoms with E-state index in [1.807, 2.05) is 83.1 Å². The Morgan fingerprint density at radius 1 is 0.452 bits per heavy atom. The van der Waals surface area contributed by atoms with Gasteiger partial charge in [-0.05, 0) is 245 Å². The molecule has 3 saturated heterocycles. The molecule has 146 heavy (non-hydrogen) atoms. The van der Waals surface area contributed by atoms with Crippen LogP contribution >= 0.6 is 0 Å². The number of ether oxygens (including phenoxy) is 2. The van der Waals surface area contributed by atoms with Crippen molar-refractivity contribution in [1.29, 1.82) is 0 Å². The molecule has 3 heterocycles. The van der Waals surface area contributed by atoms with Gasteiger partial charge in [-0.15, -0.1) is 13.2 Å². The molecule has 3 aliphatic heterocycles. The maximum Gasteiger partial charge on any atom is 0.408 e. The topological polar surface area (TPSA) is 502 Å². The van der Waals surface area contributed by atoms with Crippen molar-refractivity contribution < 1.29 is 103 Å². The minimum atomic E-state index is -3.68. The van der Waals surface area contributed by atoms with E-state index in [0.29, 0.717) is 38.0 Å². The van der Waals surface area contributed by atoms with Crippen molar-refractivity contribution in [2.24, 2.45) is 74.9 Å². The molecule has 0 radical (unpaired) electrons. The lowest BCUT2D eigenvalue weighted by Crippen LogP contribution is -2.62. The lowest BCUT2D eigenvalue weighted by atomic mass is 9.83. The van der Waals surface area contributed by atoms with E-state index in [9.17, 15) is 93.5 Å². The average Bonchev–Trinajstić information content (AvgIpc) is 1.53. The van der Waals surface area contributed by atoms with E-state index in [1.165, 1.54) is 17.0 Å². The molecule has 38 heteroatoms. The fraction of sp³-hybridized carbons (Fsp3) is 0.704. The number of nitrogens with one attached hydrogen (secondary N) is 11. The van der Waals surface area contributed by atoms with Gasteiger partial charge >= 0.3 is 24.1 Å². The summed E-state index contributed by atoms with van der Waals surface area (Å²) in [5, 5.41) is 30.1. The Hall–Kier alpha value is -10.7. The number of likely N-dealkylation sites (tertiary alicyclic amines) is 3. The van der Waals surface area contributed by atoms with Crippen molar-refractivity contribution in [2.45, 2.75) is 360 Å². The smallest absolute Gasteiger partial charge is 0.408 e. The average molecular weight is 2070 g/mol. The number of amides is 14. The summed E-state index contributed by atoms with van der Waals surface area (Å²) in [5.74, 6) is -9.58. The number of ketones is 3. The summed E-state index contributed by atoms with van der Waals surface area (Å²) in [7, 11) is -7.22. The highest BCUT2D eigenvalue weighted by Crippen LogP contribution is 2.67. The van der Waals surface area contributed by atoms with E-state index < -0.39 is 184 Å². The number of sulfone groups is 2. The largest absolute Gasteiger partial charge is 0.459 e. The molecular formula is C108H164N14O22S2. The zero-order chi connectivity index (χ0) is 108. The second-order valence-corrected chi connectivity index (χ2v) is 52.4. The number of benzene rings is 2. The van der Waals surface area contributed by atoms with Crippen LogP contribution in [-0.2, 0) is 97.2 Å². The van der Waals surface area contributed by atoms with Crippen LogP contribution in [0.25, 0.3) is 0 Å². The Morgan fingerprint density at radius 3 is 1.24 bits per heavy atom. The number of nitrogens with zero attached hydrogens (tertiary/aromatic N) is 3. The molecule has 12 rings (SSSR count). The molecule has 11 N–H and O–H groups in total. The maximum atomic E-state index is 14.3. The SMILES string of the molecule is C=CCCC(NC(=O)[C@@H]1[C@@H]2[C@H](CN1C(=O)[C@@H](NC(=O)NC(C)(C)C)C1CCCCC1)C2(C)C)C(=O)C(=O)NCCS(=O)(=O)c1ccccc1.C=CCCC(NC(=O)[C@@H]1[C@@H]2[C@H](CN1C(=O)[C@@H](NC(=O)OC(C)(C)C)C1CCCCC1)C2(C)C)C(=O)C(=O)NCCC(=O)OC1(C)CCCC1.CC(C)(C)NC(=O)N[C@H](C(=O)N1C[C@H]2[C@@H]([C@H]1C(=O)NC(CC1CC1)C(=O)C(=O)NCCS(=O)(=O)Cc1ccccc1)C2(C)C)C(C)(C)C. The number of carbonyl (C=O) groups is 16. The third-order valence-corrected chi connectivity index (χ3v) is 34.2. The summed E-state index contributed by atoms with van der Waals surface area (Å²) >= 11 is 0. The lowest BCUT2D eigenvalue weighted by Gasteiger charge is -2.38. The number of allylic oxidation sites excluding steroid dienone is 2. The molecule has 0 spiro atoms. The molecule has 0 bridgehead atoms.